The highest BCUT2D eigenvalue weighted by Gasteiger charge is 1.94. The summed E-state index contributed by atoms with van der Waals surface area (Å²) in [5, 5.41) is 0. The minimum absolute atomic E-state index is 0.786. The number of benzene rings is 1. The second-order valence-corrected chi connectivity index (χ2v) is 3.78. The minimum atomic E-state index is -0.884. The van der Waals surface area contributed by atoms with Crippen LogP contribution in [0.4, 0.5) is 0 Å². The highest BCUT2D eigenvalue weighted by atomic mass is 32.2. The van der Waals surface area contributed by atoms with Gasteiger partial charge < -0.3 is 0 Å². The first-order valence-corrected chi connectivity index (χ1v) is 4.77. The maximum Gasteiger partial charge on any atom is 0.0498 e. The maximum atomic E-state index is 10.8. The van der Waals surface area contributed by atoms with Crippen molar-refractivity contribution in [2.75, 3.05) is 6.26 Å². The van der Waals surface area contributed by atoms with E-state index < -0.39 is 10.8 Å². The highest BCUT2D eigenvalue weighted by molar-refractivity contribution is 7.84. The third-order valence-corrected chi connectivity index (χ3v) is 2.36. The fourth-order valence-electron chi connectivity index (χ4n) is 0.631. The van der Waals surface area contributed by atoms with Crippen LogP contribution < -0.4 is 0 Å². The third kappa shape index (κ3) is 1.78. The summed E-state index contributed by atoms with van der Waals surface area (Å²) in [5.74, 6) is 0. The molecule has 0 aliphatic carbocycles. The molecule has 0 saturated heterocycles. The van der Waals surface area contributed by atoms with Gasteiger partial charge in [0, 0.05) is 26.8 Å². The van der Waals surface area contributed by atoms with Crippen LogP contribution in [0.1, 0.15) is 0 Å². The molecule has 1 rings (SSSR count). The van der Waals surface area contributed by atoms with E-state index in [-0.39, 0.29) is 0 Å². The third-order valence-electron chi connectivity index (χ3n) is 1.16. The van der Waals surface area contributed by atoms with E-state index in [0.717, 1.165) is 9.79 Å². The van der Waals surface area contributed by atoms with Gasteiger partial charge in [0.1, 0.15) is 0 Å². The molecular weight excluding hydrogens is 164 g/mol. The second kappa shape index (κ2) is 3.12. The molecule has 1 aromatic carbocycles. The van der Waals surface area contributed by atoms with E-state index in [0.29, 0.717) is 0 Å². The topological polar surface area (TPSA) is 17.1 Å². The number of hydrogen-bond donors (Lipinski definition) is 0. The zero-order chi connectivity index (χ0) is 7.56. The van der Waals surface area contributed by atoms with Gasteiger partial charge in [0.05, 0.1) is 0 Å². The molecule has 0 saturated carbocycles. The fourth-order valence-corrected chi connectivity index (χ4v) is 1.29. The number of rotatable bonds is 1. The standard InChI is InChI=1S/C7H7OS2/c1-10(8)7-4-2-6(9)3-5-7/h2-5H,1H3. The average Bonchev–Trinajstić information content (AvgIpc) is 1.88. The molecule has 1 unspecified atom stereocenters. The molecular formula is C7H7OS2. The van der Waals surface area contributed by atoms with Gasteiger partial charge in [-0.25, -0.2) is 0 Å². The van der Waals surface area contributed by atoms with Crippen LogP contribution in [-0.4, -0.2) is 10.5 Å². The molecule has 0 aliphatic rings. The van der Waals surface area contributed by atoms with Crippen LogP contribution in [0.25, 0.3) is 0 Å². The Labute approximate surface area is 68.3 Å². The molecule has 0 fully saturated rings. The van der Waals surface area contributed by atoms with E-state index in [2.05, 4.69) is 0 Å². The molecule has 1 aromatic rings. The van der Waals surface area contributed by atoms with Crippen molar-refractivity contribution in [1.29, 1.82) is 0 Å². The summed E-state index contributed by atoms with van der Waals surface area (Å²) >= 11 is 4.86. The quantitative estimate of drug-likeness (QED) is 0.631. The van der Waals surface area contributed by atoms with E-state index in [9.17, 15) is 4.21 Å². The van der Waals surface area contributed by atoms with Gasteiger partial charge in [0.25, 0.3) is 0 Å². The predicted octanol–water partition coefficient (Wildman–Crippen LogP) is 1.98. The molecule has 53 valence electrons. The van der Waals surface area contributed by atoms with E-state index in [1.165, 1.54) is 0 Å². The predicted molar refractivity (Wildman–Crippen MR) is 44.6 cm³/mol. The Morgan fingerprint density at radius 1 is 1.30 bits per heavy atom. The first-order valence-electron chi connectivity index (χ1n) is 2.80. The van der Waals surface area contributed by atoms with Gasteiger partial charge in [-0.1, -0.05) is 12.6 Å². The van der Waals surface area contributed by atoms with Crippen molar-refractivity contribution in [1.82, 2.24) is 0 Å². The zero-order valence-corrected chi connectivity index (χ0v) is 7.17. The van der Waals surface area contributed by atoms with Gasteiger partial charge in [0.2, 0.25) is 0 Å². The summed E-state index contributed by atoms with van der Waals surface area (Å²) in [6.45, 7) is 0. The lowest BCUT2D eigenvalue weighted by atomic mass is 10.4. The number of hydrogen-bond acceptors (Lipinski definition) is 1. The van der Waals surface area contributed by atoms with Crippen LogP contribution >= 0.6 is 12.6 Å². The summed E-state index contributed by atoms with van der Waals surface area (Å²) in [6.07, 6.45) is 1.65. The highest BCUT2D eigenvalue weighted by Crippen LogP contribution is 2.09. The zero-order valence-electron chi connectivity index (χ0n) is 5.53. The minimum Gasteiger partial charge on any atom is -0.255 e. The van der Waals surface area contributed by atoms with Crippen molar-refractivity contribution in [3.8, 4) is 0 Å². The molecule has 0 spiro atoms. The SMILES string of the molecule is CS(=O)c1ccc([S])cc1. The smallest absolute Gasteiger partial charge is 0.0498 e. The average molecular weight is 171 g/mol. The Morgan fingerprint density at radius 3 is 2.20 bits per heavy atom. The van der Waals surface area contributed by atoms with Gasteiger partial charge in [-0.15, -0.1) is 0 Å². The molecule has 1 atom stereocenters. The molecule has 1 nitrogen and oxygen atoms in total. The fraction of sp³-hybridized carbons (Fsp3) is 0.143. The molecule has 0 bridgehead atoms. The van der Waals surface area contributed by atoms with Gasteiger partial charge in [-0.2, -0.15) is 0 Å². The molecule has 0 amide bonds. The lowest BCUT2D eigenvalue weighted by Crippen LogP contribution is -1.84. The van der Waals surface area contributed by atoms with Crippen LogP contribution in [0.2, 0.25) is 0 Å². The van der Waals surface area contributed by atoms with Crippen molar-refractivity contribution in [3.63, 3.8) is 0 Å². The van der Waals surface area contributed by atoms with Gasteiger partial charge in [-0.05, 0) is 24.3 Å². The molecule has 0 aliphatic heterocycles. The van der Waals surface area contributed by atoms with E-state index in [1.54, 1.807) is 30.5 Å². The Kier molecular flexibility index (Phi) is 2.40. The van der Waals surface area contributed by atoms with E-state index in [4.69, 9.17) is 12.6 Å². The maximum absolute atomic E-state index is 10.8. The molecule has 0 heterocycles. The van der Waals surface area contributed by atoms with Crippen molar-refractivity contribution in [2.45, 2.75) is 9.79 Å². The van der Waals surface area contributed by atoms with Crippen LogP contribution in [0, 0.1) is 0 Å². The Hall–Kier alpha value is -0.410. The molecule has 10 heavy (non-hydrogen) atoms. The molecule has 0 aromatic heterocycles. The summed E-state index contributed by atoms with van der Waals surface area (Å²) < 4.78 is 10.8. The Balaban J connectivity index is 3.00. The summed E-state index contributed by atoms with van der Waals surface area (Å²) in [6, 6.07) is 7.15. The van der Waals surface area contributed by atoms with Crippen molar-refractivity contribution < 1.29 is 4.21 Å². The van der Waals surface area contributed by atoms with E-state index in [1.807, 2.05) is 0 Å². The van der Waals surface area contributed by atoms with E-state index >= 15 is 0 Å². The van der Waals surface area contributed by atoms with Crippen molar-refractivity contribution in [3.05, 3.63) is 24.3 Å². The van der Waals surface area contributed by atoms with Crippen molar-refractivity contribution >= 4 is 23.4 Å². The van der Waals surface area contributed by atoms with Gasteiger partial charge >= 0.3 is 0 Å². The first kappa shape index (κ1) is 7.69. The van der Waals surface area contributed by atoms with Crippen molar-refractivity contribution in [2.24, 2.45) is 0 Å². The van der Waals surface area contributed by atoms with Gasteiger partial charge in [-0.3, -0.25) is 4.21 Å². The Morgan fingerprint density at radius 2 is 1.80 bits per heavy atom. The van der Waals surface area contributed by atoms with Crippen LogP contribution in [-0.2, 0) is 10.8 Å². The summed E-state index contributed by atoms with van der Waals surface area (Å²) in [7, 11) is -0.884. The second-order valence-electron chi connectivity index (χ2n) is 1.93. The monoisotopic (exact) mass is 171 g/mol. The van der Waals surface area contributed by atoms with Crippen LogP contribution in [0.3, 0.4) is 0 Å². The lowest BCUT2D eigenvalue weighted by Gasteiger charge is -1.93. The molecule has 1 radical (unpaired) electrons. The summed E-state index contributed by atoms with van der Waals surface area (Å²) in [5.41, 5.74) is 0. The summed E-state index contributed by atoms with van der Waals surface area (Å²) in [4.78, 5) is 1.61. The first-order chi connectivity index (χ1) is 4.70. The van der Waals surface area contributed by atoms with Crippen LogP contribution in [0.5, 0.6) is 0 Å². The largest absolute Gasteiger partial charge is 0.255 e. The Bertz CT molecular complexity index is 240. The normalized spacial score (nSPS) is 12.9. The van der Waals surface area contributed by atoms with Crippen LogP contribution in [0.15, 0.2) is 34.1 Å². The molecule has 3 heteroatoms. The lowest BCUT2D eigenvalue weighted by molar-refractivity contribution is 0.686. The van der Waals surface area contributed by atoms with Gasteiger partial charge in [0.15, 0.2) is 0 Å². The molecule has 0 N–H and O–H groups in total.